The highest BCUT2D eigenvalue weighted by molar-refractivity contribution is 5.69. The van der Waals surface area contributed by atoms with Crippen LogP contribution in [0.25, 0.3) is 0 Å². The quantitative estimate of drug-likeness (QED) is 0.911. The number of nitrogens with one attached hydrogen (secondary N) is 1. The number of hydrogen-bond donors (Lipinski definition) is 1. The molecule has 0 saturated heterocycles. The topological polar surface area (TPSA) is 15.3 Å². The lowest BCUT2D eigenvalue weighted by Gasteiger charge is -2.28. The summed E-state index contributed by atoms with van der Waals surface area (Å²) < 4.78 is 0. The molecular formula is C18H22N2. The highest BCUT2D eigenvalue weighted by Crippen LogP contribution is 2.28. The summed E-state index contributed by atoms with van der Waals surface area (Å²) in [5, 5.41) is 3.73. The Kier molecular flexibility index (Phi) is 3.64. The molecule has 0 aromatic heterocycles. The Hall–Kier alpha value is -1.96. The Bertz CT molecular complexity index is 589. The molecule has 0 fully saturated rings. The molecule has 0 aliphatic heterocycles. The van der Waals surface area contributed by atoms with Crippen LogP contribution in [0.1, 0.15) is 17.5 Å². The lowest BCUT2D eigenvalue weighted by molar-refractivity contribution is 0.611. The van der Waals surface area contributed by atoms with Gasteiger partial charge in [-0.2, -0.15) is 0 Å². The minimum absolute atomic E-state index is 0.533. The molecule has 1 atom stereocenters. The molecule has 2 aromatic carbocycles. The molecule has 0 spiro atoms. The third kappa shape index (κ3) is 2.64. The van der Waals surface area contributed by atoms with Crippen molar-refractivity contribution in [3.05, 3.63) is 59.7 Å². The van der Waals surface area contributed by atoms with Crippen molar-refractivity contribution in [2.75, 3.05) is 24.3 Å². The Morgan fingerprint density at radius 1 is 0.950 bits per heavy atom. The molecule has 0 saturated carbocycles. The van der Waals surface area contributed by atoms with Crippen LogP contribution in [0, 0.1) is 0 Å². The second kappa shape index (κ2) is 5.58. The van der Waals surface area contributed by atoms with Gasteiger partial charge in [0, 0.05) is 20.1 Å². The van der Waals surface area contributed by atoms with Crippen molar-refractivity contribution in [2.45, 2.75) is 25.3 Å². The van der Waals surface area contributed by atoms with E-state index in [0.717, 1.165) is 6.42 Å². The fourth-order valence-corrected chi connectivity index (χ4v) is 3.03. The highest BCUT2D eigenvalue weighted by Gasteiger charge is 2.18. The van der Waals surface area contributed by atoms with Crippen LogP contribution in [0.15, 0.2) is 48.5 Å². The number of aryl methyl sites for hydroxylation is 1. The molecule has 1 aliphatic carbocycles. The van der Waals surface area contributed by atoms with Gasteiger partial charge in [-0.25, -0.2) is 0 Å². The first-order chi connectivity index (χ1) is 9.74. The highest BCUT2D eigenvalue weighted by atomic mass is 15.1. The zero-order valence-corrected chi connectivity index (χ0v) is 12.3. The van der Waals surface area contributed by atoms with Gasteiger partial charge in [-0.3, -0.25) is 0 Å². The Morgan fingerprint density at radius 2 is 1.65 bits per heavy atom. The molecule has 1 aliphatic rings. The molecule has 1 unspecified atom stereocenters. The molecule has 0 radical (unpaired) electrons. The van der Waals surface area contributed by atoms with Crippen LogP contribution < -0.4 is 10.2 Å². The minimum atomic E-state index is 0.533. The predicted molar refractivity (Wildman–Crippen MR) is 86.6 cm³/mol. The number of benzene rings is 2. The normalized spacial score (nSPS) is 17.4. The number of rotatable bonds is 3. The van der Waals surface area contributed by atoms with Gasteiger partial charge in [0.2, 0.25) is 0 Å². The van der Waals surface area contributed by atoms with Crippen molar-refractivity contribution < 1.29 is 0 Å². The molecule has 2 aromatic rings. The molecule has 0 heterocycles. The van der Waals surface area contributed by atoms with Gasteiger partial charge in [0.1, 0.15) is 0 Å². The Labute approximate surface area is 121 Å². The second-order valence-electron chi connectivity index (χ2n) is 5.76. The van der Waals surface area contributed by atoms with Crippen molar-refractivity contribution in [3.63, 3.8) is 0 Å². The maximum absolute atomic E-state index is 3.73. The number of anilines is 2. The van der Waals surface area contributed by atoms with E-state index in [0.29, 0.717) is 6.04 Å². The zero-order valence-electron chi connectivity index (χ0n) is 12.3. The summed E-state index contributed by atoms with van der Waals surface area (Å²) >= 11 is 0. The predicted octanol–water partition coefficient (Wildman–Crippen LogP) is 3.72. The van der Waals surface area contributed by atoms with Gasteiger partial charge in [0.25, 0.3) is 0 Å². The maximum Gasteiger partial charge on any atom is 0.0596 e. The van der Waals surface area contributed by atoms with Gasteiger partial charge in [-0.15, -0.1) is 0 Å². The summed E-state index contributed by atoms with van der Waals surface area (Å²) in [5.41, 5.74) is 5.51. The molecular weight excluding hydrogens is 244 g/mol. The van der Waals surface area contributed by atoms with E-state index in [4.69, 9.17) is 0 Å². The second-order valence-corrected chi connectivity index (χ2v) is 5.76. The van der Waals surface area contributed by atoms with Crippen LogP contribution in [-0.2, 0) is 12.8 Å². The monoisotopic (exact) mass is 266 g/mol. The molecule has 0 amide bonds. The molecule has 2 nitrogen and oxygen atoms in total. The van der Waals surface area contributed by atoms with Crippen LogP contribution in [0.3, 0.4) is 0 Å². The first kappa shape index (κ1) is 13.0. The lowest BCUT2D eigenvalue weighted by Crippen LogP contribution is -2.28. The largest absolute Gasteiger partial charge is 0.380 e. The van der Waals surface area contributed by atoms with E-state index in [2.05, 4.69) is 72.8 Å². The van der Waals surface area contributed by atoms with E-state index in [1.54, 1.807) is 0 Å². The molecule has 0 bridgehead atoms. The third-order valence-corrected chi connectivity index (χ3v) is 4.09. The fraction of sp³-hybridized carbons (Fsp3) is 0.333. The first-order valence-electron chi connectivity index (χ1n) is 7.34. The van der Waals surface area contributed by atoms with Gasteiger partial charge >= 0.3 is 0 Å². The molecule has 3 rings (SSSR count). The number of para-hydroxylation sites is 2. The fourth-order valence-electron chi connectivity index (χ4n) is 3.03. The first-order valence-corrected chi connectivity index (χ1v) is 7.34. The average Bonchev–Trinajstić information content (AvgIpc) is 2.47. The van der Waals surface area contributed by atoms with Gasteiger partial charge in [0.15, 0.2) is 0 Å². The molecule has 20 heavy (non-hydrogen) atoms. The van der Waals surface area contributed by atoms with Crippen LogP contribution in [0.2, 0.25) is 0 Å². The van der Waals surface area contributed by atoms with E-state index in [1.807, 2.05) is 0 Å². The van der Waals surface area contributed by atoms with Crippen molar-refractivity contribution in [1.82, 2.24) is 0 Å². The van der Waals surface area contributed by atoms with Crippen molar-refractivity contribution in [1.29, 1.82) is 0 Å². The SMILES string of the molecule is CN(C)c1ccccc1NC1CCc2ccccc2C1. The van der Waals surface area contributed by atoms with Crippen molar-refractivity contribution in [2.24, 2.45) is 0 Å². The summed E-state index contributed by atoms with van der Waals surface area (Å²) in [4.78, 5) is 2.17. The maximum atomic E-state index is 3.73. The third-order valence-electron chi connectivity index (χ3n) is 4.09. The molecule has 2 heteroatoms. The summed E-state index contributed by atoms with van der Waals surface area (Å²) in [6.07, 6.45) is 3.51. The van der Waals surface area contributed by atoms with E-state index in [1.165, 1.54) is 35.3 Å². The van der Waals surface area contributed by atoms with E-state index in [-0.39, 0.29) is 0 Å². The summed E-state index contributed by atoms with van der Waals surface area (Å²) in [7, 11) is 4.19. The minimum Gasteiger partial charge on any atom is -0.380 e. The van der Waals surface area contributed by atoms with Crippen LogP contribution >= 0.6 is 0 Å². The van der Waals surface area contributed by atoms with E-state index >= 15 is 0 Å². The van der Waals surface area contributed by atoms with E-state index < -0.39 is 0 Å². The van der Waals surface area contributed by atoms with Gasteiger partial charge in [0.05, 0.1) is 11.4 Å². The number of nitrogens with zero attached hydrogens (tertiary/aromatic N) is 1. The van der Waals surface area contributed by atoms with Gasteiger partial charge in [-0.05, 0) is 42.5 Å². The van der Waals surface area contributed by atoms with Gasteiger partial charge < -0.3 is 10.2 Å². The number of fused-ring (bicyclic) bond motifs is 1. The molecule has 104 valence electrons. The lowest BCUT2D eigenvalue weighted by atomic mass is 9.88. The van der Waals surface area contributed by atoms with Crippen molar-refractivity contribution in [3.8, 4) is 0 Å². The smallest absolute Gasteiger partial charge is 0.0596 e. The standard InChI is InChI=1S/C18H22N2/c1-20(2)18-10-6-5-9-17(18)19-16-12-11-14-7-3-4-8-15(14)13-16/h3-10,16,19H,11-13H2,1-2H3. The van der Waals surface area contributed by atoms with Crippen LogP contribution in [0.5, 0.6) is 0 Å². The van der Waals surface area contributed by atoms with E-state index in [9.17, 15) is 0 Å². The summed E-state index contributed by atoms with van der Waals surface area (Å²) in [5.74, 6) is 0. The average molecular weight is 266 g/mol. The summed E-state index contributed by atoms with van der Waals surface area (Å²) in [6, 6.07) is 17.9. The van der Waals surface area contributed by atoms with Crippen LogP contribution in [-0.4, -0.2) is 20.1 Å². The zero-order chi connectivity index (χ0) is 13.9. The number of hydrogen-bond acceptors (Lipinski definition) is 2. The Balaban J connectivity index is 1.77. The molecule has 1 N–H and O–H groups in total. The van der Waals surface area contributed by atoms with Gasteiger partial charge in [-0.1, -0.05) is 36.4 Å². The van der Waals surface area contributed by atoms with Crippen LogP contribution in [0.4, 0.5) is 11.4 Å². The summed E-state index contributed by atoms with van der Waals surface area (Å²) in [6.45, 7) is 0. The van der Waals surface area contributed by atoms with Crippen molar-refractivity contribution >= 4 is 11.4 Å². The Morgan fingerprint density at radius 3 is 2.45 bits per heavy atom.